The van der Waals surface area contributed by atoms with Crippen LogP contribution in [0.3, 0.4) is 0 Å². The minimum Gasteiger partial charge on any atom is -0.478 e. The summed E-state index contributed by atoms with van der Waals surface area (Å²) in [6.07, 6.45) is 0.0296. The lowest BCUT2D eigenvalue weighted by Gasteiger charge is -2.18. The van der Waals surface area contributed by atoms with Crippen LogP contribution in [0.1, 0.15) is 16.8 Å². The molecule has 0 saturated carbocycles. The van der Waals surface area contributed by atoms with Gasteiger partial charge in [-0.15, -0.1) is 0 Å². The highest BCUT2D eigenvalue weighted by atomic mass is 79.9. The van der Waals surface area contributed by atoms with E-state index in [0.717, 1.165) is 0 Å². The zero-order valence-corrected chi connectivity index (χ0v) is 12.2. The van der Waals surface area contributed by atoms with Crippen molar-refractivity contribution < 1.29 is 24.2 Å². The number of carboxylic acid groups (broad SMARTS) is 1. The number of esters is 1. The maximum absolute atomic E-state index is 12.0. The Labute approximate surface area is 123 Å². The standard InChI is InChI=1S/C13H12BrNO5/c1-20-13(19)7-4-11(16)15(6-7)10-3-2-8(14)5-9(10)12(17)18/h2-3,5,7H,4,6H2,1H3,(H,17,18). The Hall–Kier alpha value is -1.89. The van der Waals surface area contributed by atoms with Crippen LogP contribution >= 0.6 is 15.9 Å². The third-order valence-corrected chi connectivity index (χ3v) is 3.63. The van der Waals surface area contributed by atoms with Crippen LogP contribution in [0.15, 0.2) is 22.7 Å². The van der Waals surface area contributed by atoms with Gasteiger partial charge in [0.25, 0.3) is 0 Å². The number of carbonyl (C=O) groups is 3. The van der Waals surface area contributed by atoms with E-state index in [1.54, 1.807) is 12.1 Å². The van der Waals surface area contributed by atoms with E-state index < -0.39 is 17.9 Å². The summed E-state index contributed by atoms with van der Waals surface area (Å²) in [5.41, 5.74) is 0.301. The van der Waals surface area contributed by atoms with Gasteiger partial charge in [-0.2, -0.15) is 0 Å². The maximum atomic E-state index is 12.0. The number of benzene rings is 1. The Morgan fingerprint density at radius 3 is 2.75 bits per heavy atom. The van der Waals surface area contributed by atoms with Crippen LogP contribution in [0.2, 0.25) is 0 Å². The van der Waals surface area contributed by atoms with Gasteiger partial charge in [0.2, 0.25) is 5.91 Å². The molecule has 1 aliphatic heterocycles. The molecule has 1 unspecified atom stereocenters. The highest BCUT2D eigenvalue weighted by Crippen LogP contribution is 2.30. The van der Waals surface area contributed by atoms with Crippen molar-refractivity contribution in [3.63, 3.8) is 0 Å². The minimum absolute atomic E-state index is 0.0123. The number of aromatic carboxylic acids is 1. The number of ether oxygens (including phenoxy) is 1. The summed E-state index contributed by atoms with van der Waals surface area (Å²) in [4.78, 5) is 36.0. The zero-order chi connectivity index (χ0) is 14.9. The molecule has 0 aromatic heterocycles. The summed E-state index contributed by atoms with van der Waals surface area (Å²) in [6.45, 7) is 0.132. The molecule has 1 aromatic carbocycles. The first-order valence-electron chi connectivity index (χ1n) is 5.85. The van der Waals surface area contributed by atoms with Gasteiger partial charge in [-0.25, -0.2) is 4.79 Å². The Bertz CT molecular complexity index is 586. The second-order valence-corrected chi connectivity index (χ2v) is 5.31. The van der Waals surface area contributed by atoms with Crippen molar-refractivity contribution in [1.29, 1.82) is 0 Å². The van der Waals surface area contributed by atoms with Crippen molar-refractivity contribution in [2.75, 3.05) is 18.6 Å². The van der Waals surface area contributed by atoms with E-state index in [1.807, 2.05) is 0 Å². The number of carboxylic acids is 1. The quantitative estimate of drug-likeness (QED) is 0.845. The summed E-state index contributed by atoms with van der Waals surface area (Å²) in [5, 5.41) is 9.21. The van der Waals surface area contributed by atoms with Crippen LogP contribution in [0.25, 0.3) is 0 Å². The first kappa shape index (κ1) is 14.5. The van der Waals surface area contributed by atoms with Crippen LogP contribution in [0.5, 0.6) is 0 Å². The highest BCUT2D eigenvalue weighted by Gasteiger charge is 2.37. The minimum atomic E-state index is -1.13. The third-order valence-electron chi connectivity index (χ3n) is 3.14. The highest BCUT2D eigenvalue weighted by molar-refractivity contribution is 9.10. The topological polar surface area (TPSA) is 83.9 Å². The molecule has 1 amide bonds. The summed E-state index contributed by atoms with van der Waals surface area (Å²) in [6, 6.07) is 4.63. The molecule has 1 saturated heterocycles. The van der Waals surface area contributed by atoms with Crippen LogP contribution in [0, 0.1) is 5.92 Å². The van der Waals surface area contributed by atoms with E-state index in [1.165, 1.54) is 18.1 Å². The van der Waals surface area contributed by atoms with Gasteiger partial charge in [-0.3, -0.25) is 9.59 Å². The Balaban J connectivity index is 2.35. The summed E-state index contributed by atoms with van der Waals surface area (Å²) in [7, 11) is 1.26. The smallest absolute Gasteiger partial charge is 0.337 e. The molecule has 0 aliphatic carbocycles. The number of halogens is 1. The largest absolute Gasteiger partial charge is 0.478 e. The molecule has 7 heteroatoms. The third kappa shape index (κ3) is 2.67. The fourth-order valence-corrected chi connectivity index (χ4v) is 2.54. The summed E-state index contributed by atoms with van der Waals surface area (Å²) >= 11 is 3.19. The molecule has 1 N–H and O–H groups in total. The normalized spacial score (nSPS) is 18.2. The van der Waals surface area contributed by atoms with E-state index >= 15 is 0 Å². The summed E-state index contributed by atoms with van der Waals surface area (Å²) < 4.78 is 5.23. The van der Waals surface area contributed by atoms with Crippen molar-refractivity contribution >= 4 is 39.5 Å². The molecule has 106 valence electrons. The van der Waals surface area contributed by atoms with E-state index in [0.29, 0.717) is 4.47 Å². The average Bonchev–Trinajstić information content (AvgIpc) is 2.79. The van der Waals surface area contributed by atoms with Crippen LogP contribution in [0.4, 0.5) is 5.69 Å². The lowest BCUT2D eigenvalue weighted by Crippen LogP contribution is -2.27. The van der Waals surface area contributed by atoms with Crippen molar-refractivity contribution in [3.05, 3.63) is 28.2 Å². The number of rotatable bonds is 3. The molecule has 1 aromatic rings. The number of methoxy groups -OCH3 is 1. The molecule has 1 heterocycles. The molecule has 1 aliphatic rings. The fraction of sp³-hybridized carbons (Fsp3) is 0.308. The maximum Gasteiger partial charge on any atom is 0.337 e. The predicted molar refractivity (Wildman–Crippen MR) is 73.6 cm³/mol. The van der Waals surface area contributed by atoms with Crippen molar-refractivity contribution in [2.45, 2.75) is 6.42 Å². The van der Waals surface area contributed by atoms with E-state index in [-0.39, 0.29) is 30.1 Å². The molecule has 0 radical (unpaired) electrons. The first-order chi connectivity index (χ1) is 9.43. The molecular weight excluding hydrogens is 330 g/mol. The van der Waals surface area contributed by atoms with Crippen molar-refractivity contribution in [3.8, 4) is 0 Å². The number of nitrogens with zero attached hydrogens (tertiary/aromatic N) is 1. The monoisotopic (exact) mass is 341 g/mol. The van der Waals surface area contributed by atoms with Gasteiger partial charge >= 0.3 is 11.9 Å². The van der Waals surface area contributed by atoms with Gasteiger partial charge in [-0.1, -0.05) is 15.9 Å². The Morgan fingerprint density at radius 2 is 2.15 bits per heavy atom. The Morgan fingerprint density at radius 1 is 1.45 bits per heavy atom. The second kappa shape index (κ2) is 5.62. The van der Waals surface area contributed by atoms with Gasteiger partial charge < -0.3 is 14.7 Å². The number of carbonyl (C=O) groups excluding carboxylic acids is 2. The molecule has 2 rings (SSSR count). The lowest BCUT2D eigenvalue weighted by atomic mass is 10.1. The van der Waals surface area contributed by atoms with Gasteiger partial charge in [-0.05, 0) is 18.2 Å². The molecule has 20 heavy (non-hydrogen) atoms. The summed E-state index contributed by atoms with van der Waals surface area (Å²) in [5.74, 6) is -2.44. The van der Waals surface area contributed by atoms with E-state index in [9.17, 15) is 19.5 Å². The molecular formula is C13H12BrNO5. The molecule has 1 atom stereocenters. The van der Waals surface area contributed by atoms with Crippen LogP contribution < -0.4 is 4.90 Å². The SMILES string of the molecule is COC(=O)C1CC(=O)N(c2ccc(Br)cc2C(=O)O)C1. The molecule has 0 spiro atoms. The van der Waals surface area contributed by atoms with Gasteiger partial charge in [0.05, 0.1) is 24.3 Å². The average molecular weight is 342 g/mol. The lowest BCUT2D eigenvalue weighted by molar-refractivity contribution is -0.145. The number of hydrogen-bond acceptors (Lipinski definition) is 4. The predicted octanol–water partition coefficient (Wildman–Crippen LogP) is 1.67. The van der Waals surface area contributed by atoms with Gasteiger partial charge in [0.1, 0.15) is 0 Å². The zero-order valence-electron chi connectivity index (χ0n) is 10.6. The van der Waals surface area contributed by atoms with Gasteiger partial charge in [0.15, 0.2) is 0 Å². The van der Waals surface area contributed by atoms with E-state index in [4.69, 9.17) is 0 Å². The van der Waals surface area contributed by atoms with E-state index in [2.05, 4.69) is 20.7 Å². The molecule has 0 bridgehead atoms. The number of anilines is 1. The fourth-order valence-electron chi connectivity index (χ4n) is 2.18. The van der Waals surface area contributed by atoms with Crippen LogP contribution in [-0.4, -0.2) is 36.6 Å². The van der Waals surface area contributed by atoms with Crippen molar-refractivity contribution in [2.24, 2.45) is 5.92 Å². The second-order valence-electron chi connectivity index (χ2n) is 4.40. The van der Waals surface area contributed by atoms with Crippen LogP contribution in [-0.2, 0) is 14.3 Å². The molecule has 1 fully saturated rings. The van der Waals surface area contributed by atoms with Gasteiger partial charge in [0, 0.05) is 17.4 Å². The number of amides is 1. The first-order valence-corrected chi connectivity index (χ1v) is 6.64. The number of hydrogen-bond donors (Lipinski definition) is 1. The van der Waals surface area contributed by atoms with Crippen molar-refractivity contribution in [1.82, 2.24) is 0 Å². The molecule has 6 nitrogen and oxygen atoms in total. The Kier molecular flexibility index (Phi) is 4.08.